The smallest absolute Gasteiger partial charge is 0.407 e. The maximum Gasteiger partial charge on any atom is 0.407 e. The van der Waals surface area contributed by atoms with Gasteiger partial charge in [-0.05, 0) is 18.6 Å². The fourth-order valence-electron chi connectivity index (χ4n) is 1.69. The Morgan fingerprint density at radius 2 is 1.88 bits per heavy atom. The summed E-state index contributed by atoms with van der Waals surface area (Å²) in [5, 5.41) is 13.9. The highest BCUT2D eigenvalue weighted by atomic mass is 35.5. The number of carbonyl (C=O) groups is 3. The van der Waals surface area contributed by atoms with E-state index in [9.17, 15) is 14.4 Å². The highest BCUT2D eigenvalue weighted by Gasteiger charge is 2.24. The molecule has 3 N–H and O–H groups in total. The van der Waals surface area contributed by atoms with Gasteiger partial charge in [0.15, 0.2) is 0 Å². The molecule has 7 nitrogen and oxygen atoms in total. The lowest BCUT2D eigenvalue weighted by molar-refractivity contribution is -0.139. The fourth-order valence-corrected chi connectivity index (χ4v) is 2.26. The molecule has 0 fully saturated rings. The summed E-state index contributed by atoms with van der Waals surface area (Å²) in [6, 6.07) is 3.12. The van der Waals surface area contributed by atoms with Crippen LogP contribution in [-0.2, 0) is 9.53 Å². The largest absolute Gasteiger partial charge is 0.480 e. The molecule has 0 aliphatic rings. The van der Waals surface area contributed by atoms with Crippen LogP contribution in [0.1, 0.15) is 30.1 Å². The summed E-state index contributed by atoms with van der Waals surface area (Å²) in [6.45, 7) is 1.84. The third-order valence-electron chi connectivity index (χ3n) is 2.97. The second kappa shape index (κ2) is 10.00. The normalized spacial score (nSPS) is 11.5. The minimum Gasteiger partial charge on any atom is -0.480 e. The van der Waals surface area contributed by atoms with Crippen molar-refractivity contribution >= 4 is 41.2 Å². The molecule has 0 spiro atoms. The molecule has 0 aliphatic carbocycles. The molecule has 1 aromatic carbocycles. The molecule has 132 valence electrons. The first kappa shape index (κ1) is 20.1. The van der Waals surface area contributed by atoms with Gasteiger partial charge in [0.25, 0.3) is 5.91 Å². The zero-order valence-corrected chi connectivity index (χ0v) is 14.5. The molecule has 24 heavy (non-hydrogen) atoms. The summed E-state index contributed by atoms with van der Waals surface area (Å²) < 4.78 is 4.84. The monoisotopic (exact) mass is 376 g/mol. The van der Waals surface area contributed by atoms with Crippen LogP contribution in [0, 0.1) is 0 Å². The third kappa shape index (κ3) is 6.25. The van der Waals surface area contributed by atoms with Crippen LogP contribution < -0.4 is 10.6 Å². The van der Waals surface area contributed by atoms with E-state index in [1.54, 1.807) is 6.07 Å². The molecule has 1 atom stereocenters. The summed E-state index contributed by atoms with van der Waals surface area (Å²) in [5.74, 6) is -2.07. The van der Waals surface area contributed by atoms with Gasteiger partial charge in [-0.2, -0.15) is 0 Å². The summed E-state index contributed by atoms with van der Waals surface area (Å²) in [7, 11) is 0. The molecule has 0 radical (unpaired) electrons. The number of alkyl carbamates (subject to hydrolysis) is 1. The molecule has 0 aliphatic heterocycles. The lowest BCUT2D eigenvalue weighted by Gasteiger charge is -2.16. The van der Waals surface area contributed by atoms with E-state index in [-0.39, 0.29) is 28.8 Å². The average Bonchev–Trinajstić information content (AvgIpc) is 2.51. The Bertz CT molecular complexity index is 589. The second-order valence-electron chi connectivity index (χ2n) is 4.83. The van der Waals surface area contributed by atoms with Gasteiger partial charge in [0.05, 0.1) is 28.8 Å². The van der Waals surface area contributed by atoms with E-state index in [2.05, 4.69) is 10.6 Å². The van der Waals surface area contributed by atoms with Crippen molar-refractivity contribution in [2.45, 2.75) is 25.8 Å². The Morgan fingerprint density at radius 1 is 1.25 bits per heavy atom. The molecule has 0 saturated heterocycles. The average molecular weight is 377 g/mol. The molecule has 0 heterocycles. The summed E-state index contributed by atoms with van der Waals surface area (Å²) >= 11 is 11.8. The zero-order valence-electron chi connectivity index (χ0n) is 13.0. The summed E-state index contributed by atoms with van der Waals surface area (Å²) in [6.07, 6.45) is 0.816. The van der Waals surface area contributed by atoms with E-state index in [4.69, 9.17) is 33.0 Å². The van der Waals surface area contributed by atoms with Crippen LogP contribution in [0.2, 0.25) is 10.0 Å². The van der Waals surface area contributed by atoms with Crippen LogP contribution in [0.4, 0.5) is 4.79 Å². The topological polar surface area (TPSA) is 105 Å². The standard InChI is InChI=1S/C15H18Cl2N2O5/c1-2-3-7-24-15(23)18-8-11(14(21)22)19-13(20)12-9(16)5-4-6-10(12)17/h4-6,11H,2-3,7-8H2,1H3,(H,18,23)(H,19,20)(H,21,22)/t11-/m0/s1. The molecule has 0 aromatic heterocycles. The maximum absolute atomic E-state index is 12.2. The number of unbranched alkanes of at least 4 members (excludes halogenated alkanes) is 1. The maximum atomic E-state index is 12.2. The molecule has 2 amide bonds. The van der Waals surface area contributed by atoms with Gasteiger partial charge in [-0.15, -0.1) is 0 Å². The number of nitrogens with one attached hydrogen (secondary N) is 2. The number of hydrogen-bond donors (Lipinski definition) is 3. The van der Waals surface area contributed by atoms with Crippen LogP contribution in [-0.4, -0.2) is 42.3 Å². The molecule has 0 bridgehead atoms. The fraction of sp³-hybridized carbons (Fsp3) is 0.400. The number of carbonyl (C=O) groups excluding carboxylic acids is 2. The van der Waals surface area contributed by atoms with Gasteiger partial charge in [-0.25, -0.2) is 9.59 Å². The highest BCUT2D eigenvalue weighted by molar-refractivity contribution is 6.39. The minimum atomic E-state index is -1.36. The molecular weight excluding hydrogens is 359 g/mol. The number of carboxylic acids is 1. The minimum absolute atomic E-state index is 0.0300. The molecule has 9 heteroatoms. The van der Waals surface area contributed by atoms with Crippen molar-refractivity contribution in [3.8, 4) is 0 Å². The van der Waals surface area contributed by atoms with Crippen molar-refractivity contribution in [2.75, 3.05) is 13.2 Å². The van der Waals surface area contributed by atoms with Gasteiger partial charge in [0.2, 0.25) is 0 Å². The number of aliphatic carboxylic acids is 1. The van der Waals surface area contributed by atoms with E-state index in [1.807, 2.05) is 6.92 Å². The zero-order chi connectivity index (χ0) is 18.1. The van der Waals surface area contributed by atoms with Gasteiger partial charge in [-0.1, -0.05) is 42.6 Å². The molecular formula is C15H18Cl2N2O5. The summed E-state index contributed by atoms with van der Waals surface area (Å²) in [4.78, 5) is 34.8. The number of carboxylic acid groups (broad SMARTS) is 1. The van der Waals surface area contributed by atoms with Gasteiger partial charge >= 0.3 is 12.1 Å². The number of ether oxygens (including phenoxy) is 1. The van der Waals surface area contributed by atoms with E-state index in [0.29, 0.717) is 6.42 Å². The van der Waals surface area contributed by atoms with Crippen LogP contribution in [0.3, 0.4) is 0 Å². The van der Waals surface area contributed by atoms with Gasteiger partial charge in [0, 0.05) is 0 Å². The lowest BCUT2D eigenvalue weighted by atomic mass is 10.2. The number of amides is 2. The van der Waals surface area contributed by atoms with Gasteiger partial charge in [-0.3, -0.25) is 4.79 Å². The number of halogens is 2. The van der Waals surface area contributed by atoms with Crippen molar-refractivity contribution in [3.05, 3.63) is 33.8 Å². The van der Waals surface area contributed by atoms with Gasteiger partial charge < -0.3 is 20.5 Å². The van der Waals surface area contributed by atoms with E-state index < -0.39 is 24.0 Å². The first-order valence-electron chi connectivity index (χ1n) is 7.25. The van der Waals surface area contributed by atoms with Gasteiger partial charge in [0.1, 0.15) is 6.04 Å². The van der Waals surface area contributed by atoms with E-state index in [1.165, 1.54) is 12.1 Å². The number of rotatable bonds is 8. The van der Waals surface area contributed by atoms with Crippen molar-refractivity contribution in [1.29, 1.82) is 0 Å². The predicted molar refractivity (Wildman–Crippen MR) is 89.6 cm³/mol. The lowest BCUT2D eigenvalue weighted by Crippen LogP contribution is -2.48. The van der Waals surface area contributed by atoms with E-state index in [0.717, 1.165) is 6.42 Å². The third-order valence-corrected chi connectivity index (χ3v) is 3.60. The van der Waals surface area contributed by atoms with Crippen LogP contribution in [0.15, 0.2) is 18.2 Å². The van der Waals surface area contributed by atoms with Crippen molar-refractivity contribution in [3.63, 3.8) is 0 Å². The Kier molecular flexibility index (Phi) is 8.35. The second-order valence-corrected chi connectivity index (χ2v) is 5.65. The molecule has 0 unspecified atom stereocenters. The van der Waals surface area contributed by atoms with Crippen LogP contribution in [0.5, 0.6) is 0 Å². The SMILES string of the molecule is CCCCOC(=O)NC[C@H](NC(=O)c1c(Cl)cccc1Cl)C(=O)O. The predicted octanol–water partition coefficient (Wildman–Crippen LogP) is 2.70. The van der Waals surface area contributed by atoms with Crippen molar-refractivity contribution in [1.82, 2.24) is 10.6 Å². The van der Waals surface area contributed by atoms with Crippen molar-refractivity contribution < 1.29 is 24.2 Å². The first-order valence-corrected chi connectivity index (χ1v) is 8.00. The Labute approximate surface area is 149 Å². The highest BCUT2D eigenvalue weighted by Crippen LogP contribution is 2.24. The quantitative estimate of drug-likeness (QED) is 0.605. The molecule has 0 saturated carbocycles. The Hall–Kier alpha value is -1.99. The molecule has 1 aromatic rings. The van der Waals surface area contributed by atoms with Crippen molar-refractivity contribution in [2.24, 2.45) is 0 Å². The Morgan fingerprint density at radius 3 is 2.42 bits per heavy atom. The first-order chi connectivity index (χ1) is 11.4. The van der Waals surface area contributed by atoms with E-state index >= 15 is 0 Å². The summed E-state index contributed by atoms with van der Waals surface area (Å²) in [5.41, 5.74) is -0.0300. The van der Waals surface area contributed by atoms with Crippen LogP contribution in [0.25, 0.3) is 0 Å². The van der Waals surface area contributed by atoms with Crippen LogP contribution >= 0.6 is 23.2 Å². The molecule has 1 rings (SSSR count). The number of hydrogen-bond acceptors (Lipinski definition) is 4. The number of benzene rings is 1. The Balaban J connectivity index is 2.65.